The maximum Gasteiger partial charge on any atom is 0.302 e. The van der Waals surface area contributed by atoms with E-state index in [1.165, 1.54) is 4.31 Å². The number of anilines is 1. The van der Waals surface area contributed by atoms with Gasteiger partial charge >= 0.3 is 10.2 Å². The summed E-state index contributed by atoms with van der Waals surface area (Å²) in [6.07, 6.45) is 1.86. The lowest BCUT2D eigenvalue weighted by molar-refractivity contribution is 0.569. The molecule has 1 aliphatic rings. The molecule has 0 unspecified atom stereocenters. The molecule has 2 rings (SSSR count). The first-order chi connectivity index (χ1) is 8.94. The zero-order chi connectivity index (χ0) is 14.0. The first-order valence-electron chi connectivity index (χ1n) is 6.54. The molecule has 1 aromatic carbocycles. The normalized spacial score (nSPS) is 15.8. The summed E-state index contributed by atoms with van der Waals surface area (Å²) in [5.41, 5.74) is 7.20. The first-order valence-corrected chi connectivity index (χ1v) is 7.98. The number of hydrogen-bond donors (Lipinski definition) is 2. The highest BCUT2D eigenvalue weighted by Crippen LogP contribution is 2.25. The van der Waals surface area contributed by atoms with E-state index in [1.807, 2.05) is 26.0 Å². The number of nitrogens with two attached hydrogens (primary N) is 1. The molecule has 0 aromatic heterocycles. The minimum Gasteiger partial charge on any atom is -0.326 e. The average Bonchev–Trinajstić information content (AvgIpc) is 3.12. The topological polar surface area (TPSA) is 75.4 Å². The number of rotatable bonds is 6. The van der Waals surface area contributed by atoms with Crippen LogP contribution < -0.4 is 14.8 Å². The van der Waals surface area contributed by atoms with Crippen molar-refractivity contribution in [2.75, 3.05) is 4.31 Å². The van der Waals surface area contributed by atoms with Gasteiger partial charge in [-0.25, -0.2) is 0 Å². The minimum atomic E-state index is -3.48. The van der Waals surface area contributed by atoms with Crippen molar-refractivity contribution in [1.82, 2.24) is 4.72 Å². The third kappa shape index (κ3) is 3.46. The lowest BCUT2D eigenvalue weighted by atomic mass is 10.2. The molecule has 0 atom stereocenters. The van der Waals surface area contributed by atoms with Gasteiger partial charge in [0.05, 0.1) is 5.69 Å². The van der Waals surface area contributed by atoms with Gasteiger partial charge in [-0.05, 0) is 44.4 Å². The fourth-order valence-electron chi connectivity index (χ4n) is 1.96. The molecule has 1 aromatic rings. The van der Waals surface area contributed by atoms with E-state index >= 15 is 0 Å². The van der Waals surface area contributed by atoms with Crippen molar-refractivity contribution in [3.8, 4) is 0 Å². The Kier molecular flexibility index (Phi) is 4.13. The molecule has 0 saturated heterocycles. The molecule has 3 N–H and O–H groups in total. The van der Waals surface area contributed by atoms with E-state index in [1.54, 1.807) is 12.1 Å². The fourth-order valence-corrected chi connectivity index (χ4v) is 3.69. The van der Waals surface area contributed by atoms with Crippen LogP contribution in [0.2, 0.25) is 0 Å². The van der Waals surface area contributed by atoms with Gasteiger partial charge in [0, 0.05) is 18.6 Å². The van der Waals surface area contributed by atoms with Crippen molar-refractivity contribution in [1.29, 1.82) is 0 Å². The molecule has 6 heteroatoms. The molecule has 0 amide bonds. The van der Waals surface area contributed by atoms with Crippen LogP contribution in [0.1, 0.15) is 32.3 Å². The van der Waals surface area contributed by atoms with Crippen molar-refractivity contribution in [3.05, 3.63) is 29.8 Å². The van der Waals surface area contributed by atoms with Gasteiger partial charge in [-0.1, -0.05) is 12.1 Å². The second-order valence-corrected chi connectivity index (χ2v) is 6.74. The Morgan fingerprint density at radius 2 is 1.89 bits per heavy atom. The van der Waals surface area contributed by atoms with E-state index in [0.29, 0.717) is 12.2 Å². The average molecular weight is 283 g/mol. The van der Waals surface area contributed by atoms with E-state index in [4.69, 9.17) is 5.73 Å². The molecule has 0 spiro atoms. The van der Waals surface area contributed by atoms with Gasteiger partial charge < -0.3 is 5.73 Å². The van der Waals surface area contributed by atoms with Gasteiger partial charge in [0.2, 0.25) is 0 Å². The third-order valence-electron chi connectivity index (χ3n) is 3.05. The Morgan fingerprint density at radius 3 is 2.32 bits per heavy atom. The monoisotopic (exact) mass is 283 g/mol. The smallest absolute Gasteiger partial charge is 0.302 e. The van der Waals surface area contributed by atoms with Gasteiger partial charge in [-0.2, -0.15) is 13.1 Å². The molecule has 0 bridgehead atoms. The third-order valence-corrected chi connectivity index (χ3v) is 4.83. The highest BCUT2D eigenvalue weighted by Gasteiger charge is 2.32. The van der Waals surface area contributed by atoms with Crippen LogP contribution in [0.4, 0.5) is 5.69 Å². The van der Waals surface area contributed by atoms with Crippen LogP contribution in [0.3, 0.4) is 0 Å². The Bertz CT molecular complexity index is 521. The molecule has 1 aliphatic carbocycles. The van der Waals surface area contributed by atoms with Crippen LogP contribution in [0.5, 0.6) is 0 Å². The second-order valence-electron chi connectivity index (χ2n) is 5.16. The first kappa shape index (κ1) is 14.3. The van der Waals surface area contributed by atoms with Gasteiger partial charge in [0.15, 0.2) is 0 Å². The predicted octanol–water partition coefficient (Wildman–Crippen LogP) is 1.36. The van der Waals surface area contributed by atoms with Crippen LogP contribution in [0, 0.1) is 0 Å². The Morgan fingerprint density at radius 1 is 1.32 bits per heavy atom. The molecule has 106 valence electrons. The minimum absolute atomic E-state index is 0.106. The van der Waals surface area contributed by atoms with Crippen LogP contribution in [0.25, 0.3) is 0 Å². The van der Waals surface area contributed by atoms with Gasteiger partial charge in [-0.15, -0.1) is 0 Å². The summed E-state index contributed by atoms with van der Waals surface area (Å²) in [5, 5.41) is 0. The van der Waals surface area contributed by atoms with Crippen LogP contribution in [0.15, 0.2) is 24.3 Å². The van der Waals surface area contributed by atoms with E-state index in [2.05, 4.69) is 4.72 Å². The summed E-state index contributed by atoms with van der Waals surface area (Å²) >= 11 is 0. The largest absolute Gasteiger partial charge is 0.326 e. The highest BCUT2D eigenvalue weighted by molar-refractivity contribution is 7.90. The summed E-state index contributed by atoms with van der Waals surface area (Å²) in [4.78, 5) is 0. The SMILES string of the molecule is CC(C)N(c1ccc(CN)cc1)S(=O)(=O)NC1CC1. The lowest BCUT2D eigenvalue weighted by Crippen LogP contribution is -2.45. The van der Waals surface area contributed by atoms with E-state index in [-0.39, 0.29) is 12.1 Å². The van der Waals surface area contributed by atoms with E-state index < -0.39 is 10.2 Å². The summed E-state index contributed by atoms with van der Waals surface area (Å²) in [6, 6.07) is 7.28. The maximum atomic E-state index is 12.4. The lowest BCUT2D eigenvalue weighted by Gasteiger charge is -2.28. The molecule has 1 saturated carbocycles. The van der Waals surface area contributed by atoms with Crippen molar-refractivity contribution in [3.63, 3.8) is 0 Å². The molecule has 5 nitrogen and oxygen atoms in total. The molecule has 1 fully saturated rings. The fraction of sp³-hybridized carbons (Fsp3) is 0.538. The van der Waals surface area contributed by atoms with E-state index in [0.717, 1.165) is 18.4 Å². The standard InChI is InChI=1S/C13H21N3O2S/c1-10(2)16(19(17,18)15-12-5-6-12)13-7-3-11(9-14)4-8-13/h3-4,7-8,10,12,15H,5-6,9,14H2,1-2H3. The van der Waals surface area contributed by atoms with Gasteiger partial charge in [0.1, 0.15) is 0 Å². The number of benzene rings is 1. The van der Waals surface area contributed by atoms with Crippen molar-refractivity contribution >= 4 is 15.9 Å². The Labute approximate surface area is 115 Å². The summed E-state index contributed by atoms with van der Waals surface area (Å²) < 4.78 is 28.9. The highest BCUT2D eigenvalue weighted by atomic mass is 32.2. The quantitative estimate of drug-likeness (QED) is 0.827. The summed E-state index contributed by atoms with van der Waals surface area (Å²) in [7, 11) is -3.48. The van der Waals surface area contributed by atoms with Crippen LogP contribution in [-0.2, 0) is 16.8 Å². The van der Waals surface area contributed by atoms with Gasteiger partial charge in [-0.3, -0.25) is 4.31 Å². The summed E-state index contributed by atoms with van der Waals surface area (Å²) in [6.45, 7) is 4.18. The second kappa shape index (κ2) is 5.48. The van der Waals surface area contributed by atoms with Crippen LogP contribution >= 0.6 is 0 Å². The summed E-state index contributed by atoms with van der Waals surface area (Å²) in [5.74, 6) is 0. The van der Waals surface area contributed by atoms with Gasteiger partial charge in [0.25, 0.3) is 0 Å². The number of hydrogen-bond acceptors (Lipinski definition) is 3. The Balaban J connectivity index is 2.27. The zero-order valence-electron chi connectivity index (χ0n) is 11.3. The van der Waals surface area contributed by atoms with Crippen molar-refractivity contribution in [2.24, 2.45) is 5.73 Å². The van der Waals surface area contributed by atoms with Crippen LogP contribution in [-0.4, -0.2) is 20.5 Å². The molecule has 0 aliphatic heterocycles. The molecular weight excluding hydrogens is 262 g/mol. The molecule has 19 heavy (non-hydrogen) atoms. The van der Waals surface area contributed by atoms with Crippen molar-refractivity contribution in [2.45, 2.75) is 45.3 Å². The number of nitrogens with zero attached hydrogens (tertiary/aromatic N) is 1. The molecule has 0 radical (unpaired) electrons. The molecular formula is C13H21N3O2S. The Hall–Kier alpha value is -1.11. The molecule has 0 heterocycles. The number of nitrogens with one attached hydrogen (secondary N) is 1. The van der Waals surface area contributed by atoms with Crippen molar-refractivity contribution < 1.29 is 8.42 Å². The van der Waals surface area contributed by atoms with E-state index in [9.17, 15) is 8.42 Å². The predicted molar refractivity (Wildman–Crippen MR) is 77.0 cm³/mol. The maximum absolute atomic E-state index is 12.4. The zero-order valence-corrected chi connectivity index (χ0v) is 12.2.